The van der Waals surface area contributed by atoms with Crippen molar-refractivity contribution in [3.8, 4) is 0 Å². The van der Waals surface area contributed by atoms with Gasteiger partial charge in [-0.25, -0.2) is 0 Å². The standard InChI is InChI=1S/C10H14ClN.ClH/c1-3-10(12)8-5-4-7(2)9(11)6-8;/h4-6,10H,3,12H2,1-2H3;1H. The molecular weight excluding hydrogens is 205 g/mol. The third-order valence-corrected chi connectivity index (χ3v) is 2.47. The van der Waals surface area contributed by atoms with Gasteiger partial charge in [0.1, 0.15) is 0 Å². The van der Waals surface area contributed by atoms with E-state index in [0.29, 0.717) is 0 Å². The first-order valence-corrected chi connectivity index (χ1v) is 4.54. The summed E-state index contributed by atoms with van der Waals surface area (Å²) in [7, 11) is 0. The highest BCUT2D eigenvalue weighted by Gasteiger charge is 2.04. The Balaban J connectivity index is 0.00000144. The minimum Gasteiger partial charge on any atom is -0.324 e. The van der Waals surface area contributed by atoms with Crippen LogP contribution < -0.4 is 5.73 Å². The molecule has 0 aromatic heterocycles. The molecule has 0 saturated heterocycles. The molecule has 1 rings (SSSR count). The predicted octanol–water partition coefficient (Wildman–Crippen LogP) is 3.48. The molecule has 0 heterocycles. The van der Waals surface area contributed by atoms with Crippen molar-refractivity contribution in [1.82, 2.24) is 0 Å². The zero-order valence-corrected chi connectivity index (χ0v) is 9.45. The Labute approximate surface area is 90.7 Å². The largest absolute Gasteiger partial charge is 0.324 e. The summed E-state index contributed by atoms with van der Waals surface area (Å²) < 4.78 is 0. The number of hydrogen-bond donors (Lipinski definition) is 1. The lowest BCUT2D eigenvalue weighted by atomic mass is 10.0. The van der Waals surface area contributed by atoms with E-state index >= 15 is 0 Å². The summed E-state index contributed by atoms with van der Waals surface area (Å²) in [4.78, 5) is 0. The van der Waals surface area contributed by atoms with E-state index in [9.17, 15) is 0 Å². The van der Waals surface area contributed by atoms with Gasteiger partial charge in [-0.1, -0.05) is 30.7 Å². The fourth-order valence-corrected chi connectivity index (χ4v) is 1.26. The Hall–Kier alpha value is -0.240. The van der Waals surface area contributed by atoms with E-state index in [1.165, 1.54) is 0 Å². The molecule has 0 aliphatic rings. The van der Waals surface area contributed by atoms with Crippen LogP contribution in [0.5, 0.6) is 0 Å². The molecule has 13 heavy (non-hydrogen) atoms. The second-order valence-corrected chi connectivity index (χ2v) is 3.43. The maximum absolute atomic E-state index is 5.96. The fraction of sp³-hybridized carbons (Fsp3) is 0.400. The van der Waals surface area contributed by atoms with Gasteiger partial charge in [0.25, 0.3) is 0 Å². The molecule has 0 fully saturated rings. The second kappa shape index (κ2) is 5.48. The van der Waals surface area contributed by atoms with Crippen LogP contribution in [-0.2, 0) is 0 Å². The van der Waals surface area contributed by atoms with Gasteiger partial charge in [-0.15, -0.1) is 12.4 Å². The molecule has 1 unspecified atom stereocenters. The van der Waals surface area contributed by atoms with Gasteiger partial charge in [0.15, 0.2) is 0 Å². The number of benzene rings is 1. The van der Waals surface area contributed by atoms with Crippen molar-refractivity contribution in [3.05, 3.63) is 34.3 Å². The van der Waals surface area contributed by atoms with Gasteiger partial charge in [0, 0.05) is 11.1 Å². The average Bonchev–Trinajstić information content (AvgIpc) is 2.08. The molecule has 0 bridgehead atoms. The maximum atomic E-state index is 5.96. The maximum Gasteiger partial charge on any atom is 0.0438 e. The Bertz CT molecular complexity index is 274. The van der Waals surface area contributed by atoms with Gasteiger partial charge in [-0.05, 0) is 30.5 Å². The van der Waals surface area contributed by atoms with Crippen molar-refractivity contribution in [1.29, 1.82) is 0 Å². The van der Waals surface area contributed by atoms with E-state index in [4.69, 9.17) is 17.3 Å². The third-order valence-electron chi connectivity index (χ3n) is 2.06. The zero-order chi connectivity index (χ0) is 9.14. The van der Waals surface area contributed by atoms with Crippen molar-refractivity contribution < 1.29 is 0 Å². The summed E-state index contributed by atoms with van der Waals surface area (Å²) in [5.41, 5.74) is 8.07. The Morgan fingerprint density at radius 3 is 2.54 bits per heavy atom. The zero-order valence-electron chi connectivity index (χ0n) is 7.88. The first-order chi connectivity index (χ1) is 5.65. The lowest BCUT2D eigenvalue weighted by Crippen LogP contribution is -2.08. The lowest BCUT2D eigenvalue weighted by Gasteiger charge is -2.09. The third kappa shape index (κ3) is 3.18. The number of aryl methyl sites for hydroxylation is 1. The molecule has 0 aliphatic heterocycles. The number of hydrogen-bond acceptors (Lipinski definition) is 1. The van der Waals surface area contributed by atoms with E-state index in [0.717, 1.165) is 22.6 Å². The molecule has 1 aromatic rings. The van der Waals surface area contributed by atoms with Gasteiger partial charge in [0.05, 0.1) is 0 Å². The van der Waals surface area contributed by atoms with E-state index in [-0.39, 0.29) is 18.4 Å². The van der Waals surface area contributed by atoms with Crippen LogP contribution in [0, 0.1) is 6.92 Å². The topological polar surface area (TPSA) is 26.0 Å². The van der Waals surface area contributed by atoms with Gasteiger partial charge in [-0.2, -0.15) is 0 Å². The monoisotopic (exact) mass is 219 g/mol. The molecule has 1 nitrogen and oxygen atoms in total. The van der Waals surface area contributed by atoms with Crippen LogP contribution in [0.1, 0.15) is 30.5 Å². The summed E-state index contributed by atoms with van der Waals surface area (Å²) in [6, 6.07) is 6.11. The van der Waals surface area contributed by atoms with Crippen LogP contribution in [0.3, 0.4) is 0 Å². The first kappa shape index (κ1) is 12.8. The molecule has 1 aromatic carbocycles. The Kier molecular flexibility index (Phi) is 5.38. The highest BCUT2D eigenvalue weighted by molar-refractivity contribution is 6.31. The number of nitrogens with two attached hydrogens (primary N) is 1. The summed E-state index contributed by atoms with van der Waals surface area (Å²) in [6.45, 7) is 4.06. The summed E-state index contributed by atoms with van der Waals surface area (Å²) >= 11 is 5.96. The van der Waals surface area contributed by atoms with Gasteiger partial charge >= 0.3 is 0 Å². The summed E-state index contributed by atoms with van der Waals surface area (Å²) in [5.74, 6) is 0. The summed E-state index contributed by atoms with van der Waals surface area (Å²) in [6.07, 6.45) is 0.944. The van der Waals surface area contributed by atoms with E-state index < -0.39 is 0 Å². The quantitative estimate of drug-likeness (QED) is 0.811. The molecule has 0 spiro atoms. The molecule has 0 radical (unpaired) electrons. The molecule has 0 aliphatic carbocycles. The Morgan fingerprint density at radius 1 is 1.46 bits per heavy atom. The van der Waals surface area contributed by atoms with E-state index in [1.807, 2.05) is 25.1 Å². The molecule has 2 N–H and O–H groups in total. The lowest BCUT2D eigenvalue weighted by molar-refractivity contribution is 0.698. The molecular formula is C10H15Cl2N. The van der Waals surface area contributed by atoms with Crippen LogP contribution in [0.15, 0.2) is 18.2 Å². The van der Waals surface area contributed by atoms with Crippen LogP contribution >= 0.6 is 24.0 Å². The van der Waals surface area contributed by atoms with E-state index in [2.05, 4.69) is 6.92 Å². The average molecular weight is 220 g/mol. The second-order valence-electron chi connectivity index (χ2n) is 3.02. The normalized spacial score (nSPS) is 12.0. The first-order valence-electron chi connectivity index (χ1n) is 4.16. The van der Waals surface area contributed by atoms with Crippen molar-refractivity contribution in [3.63, 3.8) is 0 Å². The van der Waals surface area contributed by atoms with Crippen LogP contribution in [0.25, 0.3) is 0 Å². The molecule has 1 atom stereocenters. The van der Waals surface area contributed by atoms with Gasteiger partial charge < -0.3 is 5.73 Å². The van der Waals surface area contributed by atoms with Crippen molar-refractivity contribution in [2.24, 2.45) is 5.73 Å². The molecule has 0 amide bonds. The van der Waals surface area contributed by atoms with Crippen molar-refractivity contribution >= 4 is 24.0 Å². The van der Waals surface area contributed by atoms with Crippen molar-refractivity contribution in [2.75, 3.05) is 0 Å². The molecule has 3 heteroatoms. The molecule has 74 valence electrons. The minimum atomic E-state index is 0. The number of rotatable bonds is 2. The summed E-state index contributed by atoms with van der Waals surface area (Å²) in [5, 5.41) is 0.802. The van der Waals surface area contributed by atoms with Gasteiger partial charge in [-0.3, -0.25) is 0 Å². The SMILES string of the molecule is CCC(N)c1ccc(C)c(Cl)c1.Cl. The highest BCUT2D eigenvalue weighted by atomic mass is 35.5. The van der Waals surface area contributed by atoms with Crippen LogP contribution in [0.2, 0.25) is 5.02 Å². The van der Waals surface area contributed by atoms with E-state index in [1.54, 1.807) is 0 Å². The van der Waals surface area contributed by atoms with Crippen molar-refractivity contribution in [2.45, 2.75) is 26.3 Å². The fourth-order valence-electron chi connectivity index (χ4n) is 1.08. The highest BCUT2D eigenvalue weighted by Crippen LogP contribution is 2.21. The number of halogens is 2. The van der Waals surface area contributed by atoms with Gasteiger partial charge in [0.2, 0.25) is 0 Å². The molecule has 0 saturated carbocycles. The smallest absolute Gasteiger partial charge is 0.0438 e. The predicted molar refractivity (Wildman–Crippen MR) is 60.7 cm³/mol. The van der Waals surface area contributed by atoms with Crippen LogP contribution in [0.4, 0.5) is 0 Å². The Morgan fingerprint density at radius 2 is 2.08 bits per heavy atom. The van der Waals surface area contributed by atoms with Crippen LogP contribution in [-0.4, -0.2) is 0 Å². The minimum absolute atomic E-state index is 0.